The number of rotatable bonds is 28. The molecule has 24 heteroatoms. The standard InChI is InChI=1S/C58H74N4O10S.C21H28O5.C2H6N2PS/c1-6-7-29-61-49-17-10-8-15-45(49)53(46-16-9-11-18-50(46)61)56(67)72-54-39(2)34-41(35-40(54)3)55(66)60-28-13-31-62(5,32-14-33-73(68,69)70)30-12-27-59-52(65)37-71-38-58-26-23-43(63)36-42(58)19-20-44-47-21-22-51(64)57(47,4)25-24-48(44)58;1-20-8-7-17-15(16(20)4-5-18(20)23)3-2-13-10-14(22)6-9-21(13,17)12-26-11-19(24)25;3-1-2-4-5-6/h8-11,15-18,34-36,44,47-48H,6-7,12-14,19-33,37-38H2,1-5H3,(H-2,59,60,65,66,68,69,70);10,15-17H,2-9,11-12H2,1H3,(H,24,25);1-3H2/q;;+1/p+1/t44?,47?,48?,57-,58+,62?;15?,16?,17?,20-,21+;/m00./s1. The molecule has 0 bridgehead atoms. The first-order chi connectivity index (χ1) is 50.1. The molecule has 2 amide bonds. The fourth-order valence-electron chi connectivity index (χ4n) is 20.3. The summed E-state index contributed by atoms with van der Waals surface area (Å²) in [5.74, 6) is 1.54. The van der Waals surface area contributed by atoms with Gasteiger partial charge >= 0.3 is 54.5 Å². The summed E-state index contributed by atoms with van der Waals surface area (Å²) in [6.07, 6.45) is 20.2. The Labute approximate surface area is 625 Å². The third kappa shape index (κ3) is 18.3. The summed E-state index contributed by atoms with van der Waals surface area (Å²) in [6, 6.07) is 19.2. The second kappa shape index (κ2) is 35.3. The number of aryl methyl sites for hydroxylation is 3. The summed E-state index contributed by atoms with van der Waals surface area (Å²) in [6.45, 7) is 14.9. The number of fused-ring (bicyclic) bond motifs is 12. The van der Waals surface area contributed by atoms with Gasteiger partial charge in [-0.1, -0.05) is 62.6 Å². The molecule has 8 aliphatic carbocycles. The van der Waals surface area contributed by atoms with Gasteiger partial charge in [-0.05, 0) is 174 Å². The number of hydrogen-bond donors (Lipinski definition) is 4. The van der Waals surface area contributed by atoms with Gasteiger partial charge in [0.2, 0.25) is 16.9 Å². The summed E-state index contributed by atoms with van der Waals surface area (Å²) in [4.78, 5) is 102. The molecule has 0 spiro atoms. The van der Waals surface area contributed by atoms with Crippen LogP contribution in [-0.4, -0.2) is 154 Å². The van der Waals surface area contributed by atoms with Crippen molar-refractivity contribution in [2.45, 2.75) is 176 Å². The van der Waals surface area contributed by atoms with E-state index in [4.69, 9.17) is 25.1 Å². The second-order valence-electron chi connectivity index (χ2n) is 31.8. The number of ether oxygens (including phenoxy) is 3. The van der Waals surface area contributed by atoms with E-state index in [0.29, 0.717) is 191 Å². The van der Waals surface area contributed by atoms with Crippen molar-refractivity contribution in [2.75, 3.05) is 85.0 Å². The molecule has 11 atom stereocenters. The number of Topliss-reactive ketones (excluding diaryl/α,β-unsaturated/α-hetero) is 2. The summed E-state index contributed by atoms with van der Waals surface area (Å²) in [7, 11) is -1.73. The van der Waals surface area contributed by atoms with Gasteiger partial charge in [0.1, 0.15) is 37.1 Å². The number of pyridine rings is 1. The Hall–Kier alpha value is -6.43. The van der Waals surface area contributed by atoms with Crippen LogP contribution in [0.3, 0.4) is 0 Å². The number of nitrogens with one attached hydrogen (secondary N) is 2. The number of para-hydroxylation sites is 2. The van der Waals surface area contributed by atoms with Gasteiger partial charge in [-0.25, -0.2) is 18.0 Å². The molecule has 7 unspecified atom stereocenters. The number of quaternary nitrogens is 1. The summed E-state index contributed by atoms with van der Waals surface area (Å²) in [5.41, 5.74) is 10.6. The van der Waals surface area contributed by atoms with Crippen LogP contribution in [0.25, 0.3) is 21.8 Å². The average molecular weight is 1500 g/mol. The van der Waals surface area contributed by atoms with Gasteiger partial charge < -0.3 is 39.0 Å². The predicted octanol–water partition coefficient (Wildman–Crippen LogP) is 11.7. The number of unbranched alkanes of at least 4 members (excludes halogenated alkanes) is 1. The molecule has 3 aromatic carbocycles. The quantitative estimate of drug-likeness (QED) is 0.00600. The molecule has 12 rings (SSSR count). The number of ketones is 4. The number of carbonyl (C=O) groups is 8. The molecular formula is C81H109N6O15PS2+2. The number of nitrogens with two attached hydrogens (primary N) is 1. The van der Waals surface area contributed by atoms with Crippen LogP contribution in [0.5, 0.6) is 5.75 Å². The van der Waals surface area contributed by atoms with Crippen molar-refractivity contribution in [1.29, 1.82) is 0 Å². The summed E-state index contributed by atoms with van der Waals surface area (Å²) in [5, 5.41) is 16.6. The van der Waals surface area contributed by atoms with Crippen molar-refractivity contribution in [2.24, 2.45) is 67.6 Å². The van der Waals surface area contributed by atoms with Crippen molar-refractivity contribution in [3.05, 3.63) is 106 Å². The Bertz CT molecular complexity index is 4120. The van der Waals surface area contributed by atoms with Crippen LogP contribution in [-0.2, 0) is 66.7 Å². The zero-order valence-electron chi connectivity index (χ0n) is 62.3. The van der Waals surface area contributed by atoms with Gasteiger partial charge in [0.05, 0.1) is 66.3 Å². The SMILES string of the molecule is CCCC[n+]1c2ccccc2c(C(=O)Oc2c(C)cc(C(=O)NCCC[N+](C)(CCCNC(=O)COC[C@]34CCC(=O)C=C3CCC3C4CC[C@]4(C)C(=O)CCC34)CCCS(=O)(=O)[O-])cc2C)c2ccccc21.C[C@]12CCC3C(CCC4=CC(=O)CC[C@@]43COCC(=O)O)C1CCC2=O.NCCN=[P+]=S. The van der Waals surface area contributed by atoms with E-state index in [9.17, 15) is 51.3 Å². The van der Waals surface area contributed by atoms with Crippen LogP contribution in [0.2, 0.25) is 0 Å². The van der Waals surface area contributed by atoms with E-state index in [1.807, 2.05) is 81.6 Å². The van der Waals surface area contributed by atoms with E-state index in [1.165, 1.54) is 5.57 Å². The molecular weight excluding hydrogens is 1390 g/mol. The number of amides is 2. The van der Waals surface area contributed by atoms with Crippen LogP contribution >= 0.6 is 7.15 Å². The average Bonchev–Trinajstić information content (AvgIpc) is 1.71. The molecule has 568 valence electrons. The Morgan fingerprint density at radius 3 is 1.69 bits per heavy atom. The van der Waals surface area contributed by atoms with Crippen LogP contribution in [0.1, 0.15) is 187 Å². The van der Waals surface area contributed by atoms with E-state index in [0.717, 1.165) is 117 Å². The molecule has 6 fully saturated rings. The molecule has 8 aliphatic rings. The molecule has 0 saturated heterocycles. The molecule has 1 heterocycles. The van der Waals surface area contributed by atoms with Gasteiger partial charge in [0.25, 0.3) is 5.91 Å². The van der Waals surface area contributed by atoms with Crippen molar-refractivity contribution in [3.63, 3.8) is 0 Å². The van der Waals surface area contributed by atoms with Crippen molar-refractivity contribution >= 4 is 97.8 Å². The van der Waals surface area contributed by atoms with E-state index in [2.05, 4.69) is 52.5 Å². The minimum atomic E-state index is -4.40. The summed E-state index contributed by atoms with van der Waals surface area (Å²) >= 11 is 4.47. The minimum absolute atomic E-state index is 0.109. The monoisotopic (exact) mass is 1500 g/mol. The fraction of sp³-hybridized carbons (Fsp3) is 0.617. The van der Waals surface area contributed by atoms with Crippen LogP contribution < -0.4 is 25.7 Å². The fourth-order valence-corrected chi connectivity index (χ4v) is 21.2. The van der Waals surface area contributed by atoms with E-state index in [-0.39, 0.29) is 64.7 Å². The van der Waals surface area contributed by atoms with Gasteiger partial charge in [-0.2, -0.15) is 4.57 Å². The molecule has 0 radical (unpaired) electrons. The Kier molecular flexibility index (Phi) is 27.3. The predicted molar refractivity (Wildman–Crippen MR) is 404 cm³/mol. The molecule has 4 aromatic rings. The maximum absolute atomic E-state index is 14.2. The zero-order chi connectivity index (χ0) is 75.5. The third-order valence-corrected chi connectivity index (χ3v) is 26.9. The number of carbonyl (C=O) groups excluding carboxylic acids is 7. The molecule has 5 N–H and O–H groups in total. The van der Waals surface area contributed by atoms with Crippen LogP contribution in [0, 0.1) is 71.0 Å². The first-order valence-electron chi connectivity index (χ1n) is 38.2. The normalized spacial score (nSPS) is 27.2. The van der Waals surface area contributed by atoms with E-state index in [1.54, 1.807) is 12.1 Å². The van der Waals surface area contributed by atoms with Gasteiger partial charge in [-0.3, -0.25) is 28.8 Å². The molecule has 1 aromatic heterocycles. The van der Waals surface area contributed by atoms with Gasteiger partial charge in [0.15, 0.2) is 11.6 Å². The van der Waals surface area contributed by atoms with Crippen molar-refractivity contribution in [1.82, 2.24) is 10.6 Å². The van der Waals surface area contributed by atoms with E-state index < -0.39 is 27.8 Å². The molecule has 6 saturated carbocycles. The van der Waals surface area contributed by atoms with Crippen molar-refractivity contribution in [3.8, 4) is 5.75 Å². The van der Waals surface area contributed by atoms with E-state index >= 15 is 0 Å². The first kappa shape index (κ1) is 81.1. The first-order valence-corrected chi connectivity index (χ1v) is 41.7. The third-order valence-electron chi connectivity index (χ3n) is 25.5. The number of hydrogen-bond acceptors (Lipinski definition) is 17. The summed E-state index contributed by atoms with van der Waals surface area (Å²) < 4.78 is 59.1. The Balaban J connectivity index is 0.000000302. The van der Waals surface area contributed by atoms with Crippen molar-refractivity contribution < 1.29 is 79.7 Å². The Morgan fingerprint density at radius 2 is 1.20 bits per heavy atom. The van der Waals surface area contributed by atoms with Crippen LogP contribution in [0.15, 0.2) is 88.7 Å². The number of esters is 1. The van der Waals surface area contributed by atoms with Crippen LogP contribution in [0.4, 0.5) is 0 Å². The van der Waals surface area contributed by atoms with Gasteiger partial charge in [-0.15, -0.1) is 0 Å². The maximum atomic E-state index is 14.2. The number of carboxylic acid groups (broad SMARTS) is 1. The second-order valence-corrected chi connectivity index (χ2v) is 34.3. The molecule has 21 nitrogen and oxygen atoms in total. The zero-order valence-corrected chi connectivity index (χ0v) is 64.8. The molecule has 105 heavy (non-hydrogen) atoms. The molecule has 0 aliphatic heterocycles. The number of aromatic nitrogens is 1. The topological polar surface area (TPSA) is 308 Å². The van der Waals surface area contributed by atoms with Gasteiger partial charge in [0, 0.05) is 110 Å². The Morgan fingerprint density at radius 1 is 0.695 bits per heavy atom. The number of nitrogens with zero attached hydrogens (tertiary/aromatic N) is 3. The number of carboxylic acids is 1. The number of benzene rings is 3. The number of aliphatic carboxylic acids is 1.